The van der Waals surface area contributed by atoms with Crippen molar-refractivity contribution < 1.29 is 9.59 Å². The number of hydrogen-bond acceptors (Lipinski definition) is 9. The Balaban J connectivity index is 1.47. The van der Waals surface area contributed by atoms with E-state index in [-0.39, 0.29) is 29.4 Å². The fourth-order valence-electron chi connectivity index (χ4n) is 3.58. The molecular weight excluding hydrogens is 424 g/mol. The van der Waals surface area contributed by atoms with Crippen molar-refractivity contribution in [2.45, 2.75) is 25.4 Å². The number of carbonyl (C=O) groups excluding carboxylic acids is 2. The molecule has 0 radical (unpaired) electrons. The highest BCUT2D eigenvalue weighted by Crippen LogP contribution is 2.20. The Morgan fingerprint density at radius 2 is 2.06 bits per heavy atom. The molecule has 0 saturated carbocycles. The van der Waals surface area contributed by atoms with Crippen LogP contribution in [0.4, 0.5) is 17.5 Å². The predicted molar refractivity (Wildman–Crippen MR) is 121 cm³/mol. The summed E-state index contributed by atoms with van der Waals surface area (Å²) in [6.07, 6.45) is 6.12. The van der Waals surface area contributed by atoms with E-state index in [0.717, 1.165) is 18.4 Å². The van der Waals surface area contributed by atoms with E-state index in [0.29, 0.717) is 25.3 Å². The maximum atomic E-state index is 11.9. The summed E-state index contributed by atoms with van der Waals surface area (Å²) in [5.41, 5.74) is 7.12. The van der Waals surface area contributed by atoms with Crippen molar-refractivity contribution in [2.24, 2.45) is 5.73 Å². The molecule has 0 aliphatic carbocycles. The highest BCUT2D eigenvalue weighted by Gasteiger charge is 2.23. The summed E-state index contributed by atoms with van der Waals surface area (Å²) in [6, 6.07) is 7.51. The van der Waals surface area contributed by atoms with Crippen LogP contribution in [0.15, 0.2) is 49.6 Å². The molecule has 2 aromatic heterocycles. The van der Waals surface area contributed by atoms with Crippen LogP contribution < -0.4 is 16.4 Å². The Morgan fingerprint density at radius 3 is 2.76 bits per heavy atom. The van der Waals surface area contributed by atoms with Crippen molar-refractivity contribution in [3.63, 3.8) is 0 Å². The van der Waals surface area contributed by atoms with Crippen molar-refractivity contribution in [3.05, 3.63) is 60.8 Å². The third-order valence-electron chi connectivity index (χ3n) is 5.19. The zero-order valence-corrected chi connectivity index (χ0v) is 17.9. The van der Waals surface area contributed by atoms with Gasteiger partial charge in [-0.05, 0) is 36.6 Å². The number of nitrogens with zero attached hydrogens (tertiary/aromatic N) is 7. The predicted octanol–water partition coefficient (Wildman–Crippen LogP) is 0.943. The molecule has 1 aromatic carbocycles. The second kappa shape index (κ2) is 9.85. The molecule has 12 heteroatoms. The second-order valence-corrected chi connectivity index (χ2v) is 7.58. The molecule has 1 atom stereocenters. The van der Waals surface area contributed by atoms with Gasteiger partial charge in [-0.1, -0.05) is 18.7 Å². The molecule has 1 aliphatic heterocycles. The number of anilines is 3. The monoisotopic (exact) mass is 448 g/mol. The minimum Gasteiger partial charge on any atom is -0.364 e. The van der Waals surface area contributed by atoms with Crippen LogP contribution in [0.2, 0.25) is 0 Å². The summed E-state index contributed by atoms with van der Waals surface area (Å²) < 4.78 is 1.72. The van der Waals surface area contributed by atoms with Gasteiger partial charge in [0, 0.05) is 24.8 Å². The molecule has 3 aromatic rings. The summed E-state index contributed by atoms with van der Waals surface area (Å²) >= 11 is 0. The lowest BCUT2D eigenvalue weighted by Crippen LogP contribution is -2.44. The van der Waals surface area contributed by atoms with E-state index < -0.39 is 5.91 Å². The molecule has 0 unspecified atom stereocenters. The first-order chi connectivity index (χ1) is 16.0. The average molecular weight is 448 g/mol. The van der Waals surface area contributed by atoms with Crippen molar-refractivity contribution in [2.75, 3.05) is 23.7 Å². The summed E-state index contributed by atoms with van der Waals surface area (Å²) in [7, 11) is 0. The van der Waals surface area contributed by atoms with Crippen LogP contribution in [0, 0.1) is 0 Å². The van der Waals surface area contributed by atoms with Crippen molar-refractivity contribution in [3.8, 4) is 0 Å². The van der Waals surface area contributed by atoms with Crippen LogP contribution in [-0.2, 0) is 11.3 Å². The number of piperidine rings is 1. The zero-order valence-electron chi connectivity index (χ0n) is 17.9. The minimum atomic E-state index is -0.743. The van der Waals surface area contributed by atoms with E-state index in [1.807, 2.05) is 24.3 Å². The average Bonchev–Trinajstić information content (AvgIpc) is 3.33. The number of nitrogens with two attached hydrogens (primary N) is 1. The largest absolute Gasteiger partial charge is 0.364 e. The van der Waals surface area contributed by atoms with E-state index >= 15 is 0 Å². The summed E-state index contributed by atoms with van der Waals surface area (Å²) in [5.74, 6) is -0.423. The number of likely N-dealkylation sites (tertiary alicyclic amines) is 1. The standard InChI is InChI=1S/C21H24N10O2/c1-2-17(32)30-9-3-4-16(11-30)26-21-27-20(18(19(22)33)28-29-21)25-15-7-5-14(6-8-15)10-31-13-23-12-24-31/h2,5-8,12-13,16H,1,3-4,9-11H2,(H2,22,33)(H2,25,26,27,29)/t16-/m1/s1. The molecular formula is C21H24N10O2. The third-order valence-corrected chi connectivity index (χ3v) is 5.19. The van der Waals surface area contributed by atoms with Crippen LogP contribution in [0.3, 0.4) is 0 Å². The van der Waals surface area contributed by atoms with E-state index in [4.69, 9.17) is 5.73 Å². The third kappa shape index (κ3) is 5.47. The fraction of sp³-hybridized carbons (Fsp3) is 0.286. The van der Waals surface area contributed by atoms with Gasteiger partial charge in [-0.25, -0.2) is 9.67 Å². The molecule has 1 saturated heterocycles. The number of aromatic nitrogens is 6. The smallest absolute Gasteiger partial charge is 0.273 e. The topological polar surface area (TPSA) is 157 Å². The minimum absolute atomic E-state index is 0.0483. The fourth-order valence-corrected chi connectivity index (χ4v) is 3.58. The number of hydrogen-bond donors (Lipinski definition) is 3. The van der Waals surface area contributed by atoms with Gasteiger partial charge in [0.1, 0.15) is 12.7 Å². The molecule has 12 nitrogen and oxygen atoms in total. The normalized spacial score (nSPS) is 15.6. The van der Waals surface area contributed by atoms with E-state index in [1.54, 1.807) is 15.9 Å². The van der Waals surface area contributed by atoms with Gasteiger partial charge in [-0.15, -0.1) is 10.2 Å². The van der Waals surface area contributed by atoms with Crippen LogP contribution >= 0.6 is 0 Å². The molecule has 0 bridgehead atoms. The van der Waals surface area contributed by atoms with Gasteiger partial charge in [-0.3, -0.25) is 9.59 Å². The highest BCUT2D eigenvalue weighted by atomic mass is 16.2. The molecule has 3 heterocycles. The Kier molecular flexibility index (Phi) is 6.53. The lowest BCUT2D eigenvalue weighted by Gasteiger charge is -2.32. The number of primary amides is 1. The first kappa shape index (κ1) is 21.9. The first-order valence-corrected chi connectivity index (χ1v) is 10.4. The summed E-state index contributed by atoms with van der Waals surface area (Å²) in [6.45, 7) is 5.31. The van der Waals surface area contributed by atoms with Gasteiger partial charge in [0.05, 0.1) is 6.54 Å². The van der Waals surface area contributed by atoms with E-state index in [9.17, 15) is 9.59 Å². The number of nitrogens with one attached hydrogen (secondary N) is 2. The lowest BCUT2D eigenvalue weighted by atomic mass is 10.1. The summed E-state index contributed by atoms with van der Waals surface area (Å²) in [5, 5.41) is 18.3. The van der Waals surface area contributed by atoms with Crippen LogP contribution in [0.1, 0.15) is 28.9 Å². The number of benzene rings is 1. The maximum Gasteiger partial charge on any atom is 0.273 e. The van der Waals surface area contributed by atoms with Gasteiger partial charge in [-0.2, -0.15) is 10.1 Å². The highest BCUT2D eigenvalue weighted by molar-refractivity contribution is 5.96. The Labute approximate surface area is 189 Å². The summed E-state index contributed by atoms with van der Waals surface area (Å²) in [4.78, 5) is 33.8. The second-order valence-electron chi connectivity index (χ2n) is 7.58. The van der Waals surface area contributed by atoms with Crippen molar-refractivity contribution in [1.82, 2.24) is 34.8 Å². The molecule has 33 heavy (non-hydrogen) atoms. The molecule has 170 valence electrons. The maximum absolute atomic E-state index is 11.9. The molecule has 2 amide bonds. The van der Waals surface area contributed by atoms with Gasteiger partial charge in [0.15, 0.2) is 11.5 Å². The van der Waals surface area contributed by atoms with Crippen molar-refractivity contribution >= 4 is 29.3 Å². The van der Waals surface area contributed by atoms with Crippen molar-refractivity contribution in [1.29, 1.82) is 0 Å². The SMILES string of the molecule is C=CC(=O)N1CCC[C@@H](Nc2nnc(C(N)=O)c(Nc3ccc(Cn4cncn4)cc3)n2)C1. The van der Waals surface area contributed by atoms with Crippen LogP contribution in [-0.4, -0.2) is 65.8 Å². The molecule has 1 aliphatic rings. The van der Waals surface area contributed by atoms with Gasteiger partial charge < -0.3 is 21.3 Å². The molecule has 1 fully saturated rings. The van der Waals surface area contributed by atoms with Gasteiger partial charge in [0.2, 0.25) is 11.9 Å². The van der Waals surface area contributed by atoms with Gasteiger partial charge in [0.25, 0.3) is 5.91 Å². The Bertz CT molecular complexity index is 1130. The Hall–Kier alpha value is -4.35. The number of carbonyl (C=O) groups is 2. The van der Waals surface area contributed by atoms with Gasteiger partial charge >= 0.3 is 0 Å². The van der Waals surface area contributed by atoms with E-state index in [1.165, 1.54) is 12.4 Å². The molecule has 0 spiro atoms. The van der Waals surface area contributed by atoms with E-state index in [2.05, 4.69) is 42.5 Å². The zero-order chi connectivity index (χ0) is 23.2. The molecule has 4 rings (SSSR count). The van der Waals surface area contributed by atoms with Crippen LogP contribution in [0.25, 0.3) is 0 Å². The molecule has 4 N–H and O–H groups in total. The quantitative estimate of drug-likeness (QED) is 0.427. The lowest BCUT2D eigenvalue weighted by molar-refractivity contribution is -0.127. The van der Waals surface area contributed by atoms with Crippen LogP contribution in [0.5, 0.6) is 0 Å². The number of rotatable bonds is 8. The Morgan fingerprint density at radius 1 is 1.24 bits per heavy atom. The number of amides is 2. The first-order valence-electron chi connectivity index (χ1n) is 10.4.